The van der Waals surface area contributed by atoms with Crippen molar-refractivity contribution in [2.24, 2.45) is 0 Å². The van der Waals surface area contributed by atoms with Crippen molar-refractivity contribution in [3.8, 4) is 0 Å². The summed E-state index contributed by atoms with van der Waals surface area (Å²) in [4.78, 5) is 16.2. The SMILES string of the molecule is CS(=O)(=O)c1ccc(C(=O)NCC(c2ccccc2Cl)c2c[nH]c3ccccc23)cc1. The molecule has 0 aliphatic heterocycles. The number of hydrogen-bond donors (Lipinski definition) is 2. The lowest BCUT2D eigenvalue weighted by molar-refractivity contribution is 0.0952. The van der Waals surface area contributed by atoms with Crippen LogP contribution >= 0.6 is 11.6 Å². The number of halogens is 1. The van der Waals surface area contributed by atoms with Gasteiger partial charge in [0, 0.05) is 46.4 Å². The van der Waals surface area contributed by atoms with Crippen LogP contribution in [0.25, 0.3) is 10.9 Å². The Morgan fingerprint density at radius 3 is 2.35 bits per heavy atom. The molecule has 1 aromatic heterocycles. The van der Waals surface area contributed by atoms with Gasteiger partial charge in [0.2, 0.25) is 0 Å². The van der Waals surface area contributed by atoms with E-state index < -0.39 is 9.84 Å². The smallest absolute Gasteiger partial charge is 0.251 e. The van der Waals surface area contributed by atoms with Crippen LogP contribution in [0.3, 0.4) is 0 Å². The Morgan fingerprint density at radius 1 is 0.968 bits per heavy atom. The van der Waals surface area contributed by atoms with E-state index in [1.165, 1.54) is 24.3 Å². The Kier molecular flexibility index (Phi) is 5.85. The van der Waals surface area contributed by atoms with Gasteiger partial charge in [0.15, 0.2) is 9.84 Å². The van der Waals surface area contributed by atoms with E-state index in [2.05, 4.69) is 10.3 Å². The third-order valence-corrected chi connectivity index (χ3v) is 6.76. The minimum Gasteiger partial charge on any atom is -0.361 e. The number of sulfone groups is 1. The van der Waals surface area contributed by atoms with Crippen LogP contribution < -0.4 is 5.32 Å². The minimum atomic E-state index is -3.31. The monoisotopic (exact) mass is 452 g/mol. The Morgan fingerprint density at radius 2 is 1.65 bits per heavy atom. The molecule has 4 rings (SSSR count). The van der Waals surface area contributed by atoms with Gasteiger partial charge in [-0.2, -0.15) is 0 Å². The van der Waals surface area contributed by atoms with Gasteiger partial charge >= 0.3 is 0 Å². The van der Waals surface area contributed by atoms with Gasteiger partial charge in [-0.15, -0.1) is 0 Å². The standard InChI is InChI=1S/C24H21ClN2O3S/c1-31(29,30)17-12-10-16(11-13-17)24(28)27-15-20(18-6-2-4-8-22(18)25)21-14-26-23-9-5-3-7-19(21)23/h2-14,20,26H,15H2,1H3,(H,27,28). The van der Waals surface area contributed by atoms with Crippen LogP contribution in [0, 0.1) is 0 Å². The van der Waals surface area contributed by atoms with Gasteiger partial charge in [-0.1, -0.05) is 48.0 Å². The lowest BCUT2D eigenvalue weighted by Crippen LogP contribution is -2.29. The van der Waals surface area contributed by atoms with Crippen molar-refractivity contribution in [3.63, 3.8) is 0 Å². The van der Waals surface area contributed by atoms with E-state index in [0.717, 1.165) is 28.3 Å². The van der Waals surface area contributed by atoms with Crippen molar-refractivity contribution < 1.29 is 13.2 Å². The summed E-state index contributed by atoms with van der Waals surface area (Å²) in [6.07, 6.45) is 3.09. The molecular weight excluding hydrogens is 432 g/mol. The lowest BCUT2D eigenvalue weighted by atomic mass is 9.90. The van der Waals surface area contributed by atoms with E-state index in [1.54, 1.807) is 0 Å². The third-order valence-electron chi connectivity index (χ3n) is 5.29. The second-order valence-corrected chi connectivity index (χ2v) is 9.79. The number of fused-ring (bicyclic) bond motifs is 1. The molecule has 0 aliphatic rings. The predicted octanol–water partition coefficient (Wildman–Crippen LogP) is 4.79. The molecule has 4 aromatic rings. The number of aromatic amines is 1. The normalized spacial score (nSPS) is 12.6. The number of hydrogen-bond acceptors (Lipinski definition) is 3. The van der Waals surface area contributed by atoms with Gasteiger partial charge in [0.25, 0.3) is 5.91 Å². The molecule has 1 unspecified atom stereocenters. The quantitative estimate of drug-likeness (QED) is 0.441. The number of benzene rings is 3. The molecule has 0 saturated heterocycles. The second kappa shape index (κ2) is 8.57. The summed E-state index contributed by atoms with van der Waals surface area (Å²) >= 11 is 6.50. The molecule has 1 atom stereocenters. The molecule has 2 N–H and O–H groups in total. The molecule has 1 heterocycles. The maximum atomic E-state index is 12.8. The van der Waals surface area contributed by atoms with Crippen LogP contribution in [-0.4, -0.2) is 32.1 Å². The summed E-state index contributed by atoms with van der Waals surface area (Å²) in [5.74, 6) is -0.443. The highest BCUT2D eigenvalue weighted by Crippen LogP contribution is 2.34. The van der Waals surface area contributed by atoms with Gasteiger partial charge in [-0.25, -0.2) is 8.42 Å². The summed E-state index contributed by atoms with van der Waals surface area (Å²) in [5, 5.41) is 4.67. The molecule has 1 amide bonds. The molecule has 0 bridgehead atoms. The van der Waals surface area contributed by atoms with Crippen molar-refractivity contribution in [3.05, 3.63) is 101 Å². The molecule has 3 aromatic carbocycles. The number of carbonyl (C=O) groups is 1. The molecule has 31 heavy (non-hydrogen) atoms. The van der Waals surface area contributed by atoms with Crippen molar-refractivity contribution >= 4 is 38.2 Å². The molecule has 0 spiro atoms. The van der Waals surface area contributed by atoms with E-state index in [9.17, 15) is 13.2 Å². The van der Waals surface area contributed by atoms with Crippen molar-refractivity contribution in [1.82, 2.24) is 10.3 Å². The lowest BCUT2D eigenvalue weighted by Gasteiger charge is -2.19. The summed E-state index contributed by atoms with van der Waals surface area (Å²) in [6, 6.07) is 21.5. The highest BCUT2D eigenvalue weighted by Gasteiger charge is 2.21. The van der Waals surface area contributed by atoms with E-state index in [4.69, 9.17) is 11.6 Å². The number of rotatable bonds is 6. The highest BCUT2D eigenvalue weighted by molar-refractivity contribution is 7.90. The van der Waals surface area contributed by atoms with Crippen LogP contribution in [0.2, 0.25) is 5.02 Å². The van der Waals surface area contributed by atoms with E-state index in [0.29, 0.717) is 17.1 Å². The fourth-order valence-corrected chi connectivity index (χ4v) is 4.58. The summed E-state index contributed by atoms with van der Waals surface area (Å²) in [7, 11) is -3.31. The number of amides is 1. The third kappa shape index (κ3) is 4.50. The minimum absolute atomic E-state index is 0.163. The predicted molar refractivity (Wildman–Crippen MR) is 123 cm³/mol. The van der Waals surface area contributed by atoms with Crippen LogP contribution in [0.15, 0.2) is 83.9 Å². The molecule has 0 radical (unpaired) electrons. The molecular formula is C24H21ClN2O3S. The Hall–Kier alpha value is -3.09. The first kappa shape index (κ1) is 21.2. The molecule has 158 valence electrons. The van der Waals surface area contributed by atoms with Gasteiger partial charge in [0.1, 0.15) is 0 Å². The van der Waals surface area contributed by atoms with Gasteiger partial charge < -0.3 is 10.3 Å². The Bertz CT molecular complexity index is 1340. The zero-order valence-electron chi connectivity index (χ0n) is 16.8. The molecule has 5 nitrogen and oxygen atoms in total. The van der Waals surface area contributed by atoms with Crippen molar-refractivity contribution in [2.75, 3.05) is 12.8 Å². The maximum Gasteiger partial charge on any atom is 0.251 e. The molecule has 7 heteroatoms. The number of nitrogens with one attached hydrogen (secondary N) is 2. The van der Waals surface area contributed by atoms with Gasteiger partial charge in [0.05, 0.1) is 4.90 Å². The first-order valence-corrected chi connectivity index (χ1v) is 12.0. The van der Waals surface area contributed by atoms with Crippen molar-refractivity contribution in [1.29, 1.82) is 0 Å². The molecule has 0 fully saturated rings. The molecule has 0 aliphatic carbocycles. The number of para-hydroxylation sites is 1. The Labute approximate surface area is 186 Å². The molecule has 0 saturated carbocycles. The van der Waals surface area contributed by atoms with Crippen LogP contribution in [0.4, 0.5) is 0 Å². The summed E-state index contributed by atoms with van der Waals surface area (Å²) in [5.41, 5.74) is 3.36. The largest absolute Gasteiger partial charge is 0.361 e. The zero-order valence-corrected chi connectivity index (χ0v) is 18.4. The first-order valence-electron chi connectivity index (χ1n) is 9.73. The average molecular weight is 453 g/mol. The zero-order chi connectivity index (χ0) is 22.0. The van der Waals surface area contributed by atoms with Crippen LogP contribution in [-0.2, 0) is 9.84 Å². The topological polar surface area (TPSA) is 79.0 Å². The van der Waals surface area contributed by atoms with Gasteiger partial charge in [-0.05, 0) is 47.5 Å². The average Bonchev–Trinajstić information content (AvgIpc) is 3.18. The van der Waals surface area contributed by atoms with Gasteiger partial charge in [-0.3, -0.25) is 4.79 Å². The summed E-state index contributed by atoms with van der Waals surface area (Å²) < 4.78 is 23.3. The Balaban J connectivity index is 1.63. The second-order valence-electron chi connectivity index (χ2n) is 7.37. The first-order chi connectivity index (χ1) is 14.8. The van der Waals surface area contributed by atoms with E-state index in [-0.39, 0.29) is 16.7 Å². The fourth-order valence-electron chi connectivity index (χ4n) is 3.68. The number of H-pyrrole nitrogens is 1. The van der Waals surface area contributed by atoms with Crippen molar-refractivity contribution in [2.45, 2.75) is 10.8 Å². The highest BCUT2D eigenvalue weighted by atomic mass is 35.5. The maximum absolute atomic E-state index is 12.8. The fraction of sp³-hybridized carbons (Fsp3) is 0.125. The van der Waals surface area contributed by atoms with Crippen LogP contribution in [0.5, 0.6) is 0 Å². The number of aromatic nitrogens is 1. The number of carbonyl (C=O) groups excluding carboxylic acids is 1. The van der Waals surface area contributed by atoms with Crippen LogP contribution in [0.1, 0.15) is 27.4 Å². The summed E-state index contributed by atoms with van der Waals surface area (Å²) in [6.45, 7) is 0.332. The van der Waals surface area contributed by atoms with E-state index in [1.807, 2.05) is 54.7 Å². The van der Waals surface area contributed by atoms with E-state index >= 15 is 0 Å².